The van der Waals surface area contributed by atoms with Gasteiger partial charge < -0.3 is 9.88 Å². The fourth-order valence-corrected chi connectivity index (χ4v) is 4.63. The average Bonchev–Trinajstić information content (AvgIpc) is 2.98. The van der Waals surface area contributed by atoms with Gasteiger partial charge in [0.25, 0.3) is 0 Å². The predicted molar refractivity (Wildman–Crippen MR) is 116 cm³/mol. The Labute approximate surface area is 163 Å². The van der Waals surface area contributed by atoms with Crippen LogP contribution in [0.25, 0.3) is 21.0 Å². The van der Waals surface area contributed by atoms with Crippen LogP contribution in [0.5, 0.6) is 0 Å². The van der Waals surface area contributed by atoms with Crippen LogP contribution in [0, 0.1) is 0 Å². The van der Waals surface area contributed by atoms with Crippen LogP contribution in [0.3, 0.4) is 0 Å². The molecule has 0 bridgehead atoms. The van der Waals surface area contributed by atoms with Gasteiger partial charge in [0.15, 0.2) is 0 Å². The van der Waals surface area contributed by atoms with E-state index in [1.54, 1.807) is 4.57 Å². The zero-order valence-electron chi connectivity index (χ0n) is 15.7. The number of hydrogen-bond donors (Lipinski definition) is 1. The molecule has 1 unspecified atom stereocenters. The molecule has 0 aliphatic rings. The lowest BCUT2D eigenvalue weighted by Crippen LogP contribution is -2.20. The van der Waals surface area contributed by atoms with Crippen molar-refractivity contribution in [3.05, 3.63) is 81.5 Å². The van der Waals surface area contributed by atoms with Crippen LogP contribution in [0.2, 0.25) is 0 Å². The minimum Gasteiger partial charge on any atom is -0.310 e. The molecule has 3 nitrogen and oxygen atoms in total. The zero-order valence-corrected chi connectivity index (χ0v) is 16.6. The van der Waals surface area contributed by atoms with Crippen molar-refractivity contribution in [2.75, 3.05) is 6.54 Å². The maximum Gasteiger partial charge on any atom is 0.307 e. The first kappa shape index (κ1) is 18.0. The fourth-order valence-electron chi connectivity index (χ4n) is 3.68. The molecule has 138 valence electrons. The quantitative estimate of drug-likeness (QED) is 0.479. The molecule has 4 heteroatoms. The van der Waals surface area contributed by atoms with Gasteiger partial charge in [-0.2, -0.15) is 0 Å². The highest BCUT2D eigenvalue weighted by atomic mass is 32.1. The largest absolute Gasteiger partial charge is 0.310 e. The van der Waals surface area contributed by atoms with Gasteiger partial charge in [0.05, 0.1) is 10.2 Å². The van der Waals surface area contributed by atoms with Crippen molar-refractivity contribution in [2.24, 2.45) is 7.05 Å². The van der Waals surface area contributed by atoms with Crippen LogP contribution >= 0.6 is 11.3 Å². The fraction of sp³-hybridized carbons (Fsp3) is 0.261. The second-order valence-corrected chi connectivity index (χ2v) is 8.07. The Morgan fingerprint density at radius 1 is 1.07 bits per heavy atom. The minimum atomic E-state index is 0.104. The van der Waals surface area contributed by atoms with Crippen molar-refractivity contribution in [3.63, 3.8) is 0 Å². The Kier molecular flexibility index (Phi) is 5.10. The topological polar surface area (TPSA) is 34.0 Å². The minimum absolute atomic E-state index is 0.104. The number of aromatic nitrogens is 1. The molecule has 1 heterocycles. The SMILES string of the molecule is CC(NCCCc1ccc2c(c1)sc(=O)n2C)c1cccc2ccccc12. The number of benzene rings is 3. The van der Waals surface area contributed by atoms with Crippen LogP contribution < -0.4 is 10.2 Å². The summed E-state index contributed by atoms with van der Waals surface area (Å²) in [5.74, 6) is 0. The van der Waals surface area contributed by atoms with Gasteiger partial charge in [0.2, 0.25) is 0 Å². The normalized spacial score (nSPS) is 12.7. The molecule has 0 aliphatic heterocycles. The lowest BCUT2D eigenvalue weighted by molar-refractivity contribution is 0.561. The molecule has 0 radical (unpaired) electrons. The molecule has 0 aliphatic carbocycles. The summed E-state index contributed by atoms with van der Waals surface area (Å²) in [4.78, 5) is 11.9. The van der Waals surface area contributed by atoms with Crippen molar-refractivity contribution < 1.29 is 0 Å². The Morgan fingerprint density at radius 3 is 2.78 bits per heavy atom. The summed E-state index contributed by atoms with van der Waals surface area (Å²) in [6.07, 6.45) is 2.09. The summed E-state index contributed by atoms with van der Waals surface area (Å²) < 4.78 is 2.80. The summed E-state index contributed by atoms with van der Waals surface area (Å²) in [6.45, 7) is 3.20. The maximum atomic E-state index is 11.8. The van der Waals surface area contributed by atoms with Crippen molar-refractivity contribution in [3.8, 4) is 0 Å². The van der Waals surface area contributed by atoms with Gasteiger partial charge in [-0.05, 0) is 60.3 Å². The summed E-state index contributed by atoms with van der Waals surface area (Å²) in [7, 11) is 1.83. The number of rotatable bonds is 6. The number of nitrogens with one attached hydrogen (secondary N) is 1. The Balaban J connectivity index is 1.37. The Hall–Kier alpha value is -2.43. The molecule has 0 fully saturated rings. The first-order valence-corrected chi connectivity index (χ1v) is 10.2. The summed E-state index contributed by atoms with van der Waals surface area (Å²) in [5, 5.41) is 6.27. The highest BCUT2D eigenvalue weighted by Crippen LogP contribution is 2.24. The summed E-state index contributed by atoms with van der Waals surface area (Å²) in [6, 6.07) is 21.8. The van der Waals surface area contributed by atoms with Crippen LogP contribution in [0.1, 0.15) is 30.5 Å². The molecule has 1 N–H and O–H groups in total. The van der Waals surface area contributed by atoms with Crippen molar-refractivity contribution in [2.45, 2.75) is 25.8 Å². The smallest absolute Gasteiger partial charge is 0.307 e. The second kappa shape index (κ2) is 7.67. The van der Waals surface area contributed by atoms with E-state index < -0.39 is 0 Å². The van der Waals surface area contributed by atoms with Crippen LogP contribution in [0.4, 0.5) is 0 Å². The molecule has 0 saturated carbocycles. The zero-order chi connectivity index (χ0) is 18.8. The van der Waals surface area contributed by atoms with Gasteiger partial charge in [-0.3, -0.25) is 4.79 Å². The summed E-state index contributed by atoms with van der Waals surface area (Å²) >= 11 is 1.33. The number of nitrogens with zero attached hydrogens (tertiary/aromatic N) is 1. The molecule has 3 aromatic carbocycles. The van der Waals surface area contributed by atoms with E-state index in [9.17, 15) is 4.79 Å². The summed E-state index contributed by atoms with van der Waals surface area (Å²) in [5.41, 5.74) is 3.67. The van der Waals surface area contributed by atoms with Crippen molar-refractivity contribution >= 4 is 32.3 Å². The van der Waals surface area contributed by atoms with E-state index in [-0.39, 0.29) is 4.87 Å². The molecule has 27 heavy (non-hydrogen) atoms. The number of aryl methyl sites for hydroxylation is 2. The molecule has 4 rings (SSSR count). The van der Waals surface area contributed by atoms with Gasteiger partial charge in [-0.25, -0.2) is 0 Å². The van der Waals surface area contributed by atoms with Gasteiger partial charge in [0, 0.05) is 13.1 Å². The number of thiazole rings is 1. The highest BCUT2D eigenvalue weighted by Gasteiger charge is 2.09. The molecule has 4 aromatic rings. The van der Waals surface area contributed by atoms with Crippen molar-refractivity contribution in [1.82, 2.24) is 9.88 Å². The van der Waals surface area contributed by atoms with Gasteiger partial charge in [-0.15, -0.1) is 0 Å². The van der Waals surface area contributed by atoms with E-state index in [0.29, 0.717) is 6.04 Å². The van der Waals surface area contributed by atoms with E-state index >= 15 is 0 Å². The third-order valence-electron chi connectivity index (χ3n) is 5.24. The molecular formula is C23H24N2OS. The first-order chi connectivity index (χ1) is 13.1. The van der Waals surface area contributed by atoms with Gasteiger partial charge in [0.1, 0.15) is 0 Å². The van der Waals surface area contributed by atoms with Gasteiger partial charge in [-0.1, -0.05) is 59.9 Å². The highest BCUT2D eigenvalue weighted by molar-refractivity contribution is 7.16. The van der Waals surface area contributed by atoms with E-state index in [2.05, 4.69) is 72.9 Å². The van der Waals surface area contributed by atoms with Crippen LogP contribution in [0.15, 0.2) is 65.5 Å². The van der Waals surface area contributed by atoms with Crippen LogP contribution in [-0.2, 0) is 13.5 Å². The van der Waals surface area contributed by atoms with E-state index in [0.717, 1.165) is 29.6 Å². The Morgan fingerprint density at radius 2 is 1.89 bits per heavy atom. The lowest BCUT2D eigenvalue weighted by atomic mass is 9.99. The molecule has 0 amide bonds. The number of fused-ring (bicyclic) bond motifs is 2. The molecular weight excluding hydrogens is 352 g/mol. The molecule has 1 atom stereocenters. The van der Waals surface area contributed by atoms with Crippen LogP contribution in [-0.4, -0.2) is 11.1 Å². The standard InChI is InChI=1S/C23H24N2OS/c1-16(19-11-5-9-18-8-3-4-10-20(18)19)24-14-6-7-17-12-13-21-22(15-17)27-23(26)25(21)2/h3-5,8-13,15-16,24H,6-7,14H2,1-2H3. The second-order valence-electron chi connectivity index (χ2n) is 7.08. The lowest BCUT2D eigenvalue weighted by Gasteiger charge is -2.16. The van der Waals surface area contributed by atoms with Crippen molar-refractivity contribution in [1.29, 1.82) is 0 Å². The third-order valence-corrected chi connectivity index (χ3v) is 6.23. The maximum absolute atomic E-state index is 11.8. The van der Waals surface area contributed by atoms with E-state index in [4.69, 9.17) is 0 Å². The van der Waals surface area contributed by atoms with E-state index in [1.807, 2.05) is 7.05 Å². The average molecular weight is 377 g/mol. The molecule has 1 aromatic heterocycles. The Bertz CT molecular complexity index is 1140. The number of hydrogen-bond acceptors (Lipinski definition) is 3. The molecule has 0 spiro atoms. The monoisotopic (exact) mass is 376 g/mol. The first-order valence-electron chi connectivity index (χ1n) is 9.43. The predicted octanol–water partition coefficient (Wildman–Crippen LogP) is 5.04. The molecule has 0 saturated heterocycles. The van der Waals surface area contributed by atoms with Gasteiger partial charge >= 0.3 is 4.87 Å². The third kappa shape index (κ3) is 3.68. The van der Waals surface area contributed by atoms with E-state index in [1.165, 1.54) is 33.2 Å².